The summed E-state index contributed by atoms with van der Waals surface area (Å²) in [5.74, 6) is 0.976. The van der Waals surface area contributed by atoms with E-state index in [1.165, 1.54) is 12.7 Å². The highest BCUT2D eigenvalue weighted by atomic mass is 35.5. The lowest BCUT2D eigenvalue weighted by molar-refractivity contribution is 0.187. The molecule has 2 aromatic carbocycles. The van der Waals surface area contributed by atoms with E-state index in [-0.39, 0.29) is 5.92 Å². The Morgan fingerprint density at radius 1 is 1.11 bits per heavy atom. The van der Waals surface area contributed by atoms with Crippen molar-refractivity contribution in [3.8, 4) is 22.4 Å². The van der Waals surface area contributed by atoms with E-state index in [9.17, 15) is 4.79 Å². The van der Waals surface area contributed by atoms with E-state index in [0.717, 1.165) is 58.9 Å². The highest BCUT2D eigenvalue weighted by Gasteiger charge is 2.27. The standard InChI is InChI=1S/C27H25ClN8O2/c1-38-27(37)32-20-8-5-16(6-9-20)23-14-30-26(33-23)21-4-2-3-17-11-18(13-29-25(17)21)22-12-19(28)7-10-24(22)36-15-31-34-35-36/h5-14,21H,2-4,15H2,1H3,(H,30,33)(H,31,35)(H,32,37). The van der Waals surface area contributed by atoms with Crippen LogP contribution in [0.2, 0.25) is 5.02 Å². The number of hydrogen-bond donors (Lipinski definition) is 3. The Kier molecular flexibility index (Phi) is 6.38. The molecular formula is C27H25ClN8O2. The van der Waals surface area contributed by atoms with Gasteiger partial charge in [-0.1, -0.05) is 29.0 Å². The van der Waals surface area contributed by atoms with Crippen molar-refractivity contribution in [1.82, 2.24) is 20.5 Å². The highest BCUT2D eigenvalue weighted by molar-refractivity contribution is 6.31. The number of imidazole rings is 1. The van der Waals surface area contributed by atoms with Crippen molar-refractivity contribution in [1.29, 1.82) is 0 Å². The molecule has 1 unspecified atom stereocenters. The van der Waals surface area contributed by atoms with Gasteiger partial charge in [-0.2, -0.15) is 5.53 Å². The van der Waals surface area contributed by atoms with Crippen molar-refractivity contribution in [2.45, 2.75) is 25.2 Å². The molecule has 11 heteroatoms. The Morgan fingerprint density at radius 3 is 2.76 bits per heavy atom. The molecule has 3 N–H and O–H groups in total. The summed E-state index contributed by atoms with van der Waals surface area (Å²) in [4.78, 5) is 24.6. The number of fused-ring (bicyclic) bond motifs is 1. The molecule has 0 bridgehead atoms. The number of H-pyrrole nitrogens is 1. The van der Waals surface area contributed by atoms with Gasteiger partial charge in [-0.15, -0.1) is 5.11 Å². The summed E-state index contributed by atoms with van der Waals surface area (Å²) >= 11 is 6.37. The molecule has 6 rings (SSSR count). The third-order valence-electron chi connectivity index (χ3n) is 6.82. The highest BCUT2D eigenvalue weighted by Crippen LogP contribution is 2.39. The number of aryl methyl sites for hydroxylation is 1. The largest absolute Gasteiger partial charge is 0.453 e. The predicted molar refractivity (Wildman–Crippen MR) is 145 cm³/mol. The zero-order valence-corrected chi connectivity index (χ0v) is 21.4. The van der Waals surface area contributed by atoms with Crippen LogP contribution in [0.15, 0.2) is 71.3 Å². The van der Waals surface area contributed by atoms with Gasteiger partial charge in [-0.3, -0.25) is 10.3 Å². The summed E-state index contributed by atoms with van der Waals surface area (Å²) in [5.41, 5.74) is 10.6. The van der Waals surface area contributed by atoms with Gasteiger partial charge in [0, 0.05) is 28.0 Å². The quantitative estimate of drug-likeness (QED) is 0.288. The number of nitrogens with one attached hydrogen (secondary N) is 3. The third-order valence-corrected chi connectivity index (χ3v) is 7.06. The Hall–Kier alpha value is -4.44. The number of hydrazine groups is 1. The number of hydrogen-bond acceptors (Lipinski definition) is 8. The number of ether oxygens (including phenoxy) is 1. The molecule has 0 spiro atoms. The van der Waals surface area contributed by atoms with Gasteiger partial charge in [0.15, 0.2) is 6.67 Å². The van der Waals surface area contributed by atoms with Crippen LogP contribution in [-0.2, 0) is 11.2 Å². The van der Waals surface area contributed by atoms with Crippen molar-refractivity contribution < 1.29 is 9.53 Å². The van der Waals surface area contributed by atoms with Gasteiger partial charge in [0.1, 0.15) is 5.82 Å². The van der Waals surface area contributed by atoms with Crippen molar-refractivity contribution >= 4 is 29.1 Å². The second kappa shape index (κ2) is 10.1. The van der Waals surface area contributed by atoms with Crippen LogP contribution >= 0.6 is 11.6 Å². The molecule has 1 amide bonds. The van der Waals surface area contributed by atoms with Crippen molar-refractivity contribution in [2.75, 3.05) is 24.1 Å². The SMILES string of the molecule is COC(=O)Nc1ccc(-c2cnc(C3CCCc4cc(-c5cc(Cl)ccc5N5CN=NN5)cnc43)[nH]2)cc1. The number of aromatic nitrogens is 3. The van der Waals surface area contributed by atoms with Crippen LogP contribution in [0.25, 0.3) is 22.4 Å². The maximum Gasteiger partial charge on any atom is 0.411 e. The van der Waals surface area contributed by atoms with E-state index in [4.69, 9.17) is 21.6 Å². The van der Waals surface area contributed by atoms with Crippen LogP contribution in [0.4, 0.5) is 16.2 Å². The van der Waals surface area contributed by atoms with E-state index < -0.39 is 6.09 Å². The average molecular weight is 529 g/mol. The molecule has 0 saturated carbocycles. The Morgan fingerprint density at radius 2 is 1.97 bits per heavy atom. The molecule has 1 aliphatic heterocycles. The van der Waals surface area contributed by atoms with Gasteiger partial charge in [-0.05, 0) is 66.8 Å². The minimum atomic E-state index is -0.501. The van der Waals surface area contributed by atoms with Gasteiger partial charge in [-0.25, -0.2) is 14.8 Å². The molecule has 3 heterocycles. The van der Waals surface area contributed by atoms with Crippen LogP contribution in [0.3, 0.4) is 0 Å². The van der Waals surface area contributed by atoms with Crippen LogP contribution in [0, 0.1) is 0 Å². The predicted octanol–water partition coefficient (Wildman–Crippen LogP) is 6.09. The maximum atomic E-state index is 11.4. The minimum Gasteiger partial charge on any atom is -0.453 e. The number of rotatable bonds is 5. The Bertz CT molecular complexity index is 1510. The van der Waals surface area contributed by atoms with Gasteiger partial charge in [0.2, 0.25) is 0 Å². The first-order valence-electron chi connectivity index (χ1n) is 12.3. The molecule has 0 radical (unpaired) electrons. The van der Waals surface area contributed by atoms with Crippen LogP contribution in [-0.4, -0.2) is 34.8 Å². The van der Waals surface area contributed by atoms with Crippen LogP contribution in [0.1, 0.15) is 35.8 Å². The second-order valence-electron chi connectivity index (χ2n) is 9.16. The van der Waals surface area contributed by atoms with Crippen LogP contribution < -0.4 is 15.9 Å². The molecule has 0 saturated heterocycles. The second-order valence-corrected chi connectivity index (χ2v) is 9.60. The first kappa shape index (κ1) is 23.9. The number of carbonyl (C=O) groups excluding carboxylic acids is 1. The van der Waals surface area contributed by atoms with Crippen molar-refractivity contribution in [3.05, 3.63) is 83.0 Å². The van der Waals surface area contributed by atoms with E-state index >= 15 is 0 Å². The molecule has 0 fully saturated rings. The smallest absolute Gasteiger partial charge is 0.411 e. The first-order valence-corrected chi connectivity index (χ1v) is 12.7. The molecular weight excluding hydrogens is 504 g/mol. The molecule has 192 valence electrons. The number of anilines is 2. The topological polar surface area (TPSA) is 120 Å². The molecule has 2 aliphatic rings. The summed E-state index contributed by atoms with van der Waals surface area (Å²) in [5, 5.41) is 13.1. The zero-order valence-electron chi connectivity index (χ0n) is 20.6. The van der Waals surface area contributed by atoms with Gasteiger partial charge in [0.25, 0.3) is 0 Å². The fourth-order valence-electron chi connectivity index (χ4n) is 4.96. The number of pyridine rings is 1. The minimum absolute atomic E-state index is 0.0819. The number of nitrogens with zero attached hydrogens (tertiary/aromatic N) is 5. The lowest BCUT2D eigenvalue weighted by Gasteiger charge is -2.24. The molecule has 2 aromatic heterocycles. The monoisotopic (exact) mass is 528 g/mol. The number of amides is 1. The van der Waals surface area contributed by atoms with Gasteiger partial charge >= 0.3 is 6.09 Å². The molecule has 1 aliphatic carbocycles. The summed E-state index contributed by atoms with van der Waals surface area (Å²) in [6.07, 6.45) is 6.22. The summed E-state index contributed by atoms with van der Waals surface area (Å²) in [6, 6.07) is 15.5. The van der Waals surface area contributed by atoms with E-state index in [2.05, 4.69) is 37.0 Å². The van der Waals surface area contributed by atoms with Gasteiger partial charge < -0.3 is 9.72 Å². The fraction of sp³-hybridized carbons (Fsp3) is 0.222. The van der Waals surface area contributed by atoms with E-state index in [1.54, 1.807) is 0 Å². The first-order chi connectivity index (χ1) is 18.6. The maximum absolute atomic E-state index is 11.4. The Labute approximate surface area is 224 Å². The zero-order chi connectivity index (χ0) is 26.1. The number of benzene rings is 2. The average Bonchev–Trinajstić information content (AvgIpc) is 3.66. The number of halogens is 1. The molecule has 10 nitrogen and oxygen atoms in total. The normalized spacial score (nSPS) is 16.2. The summed E-state index contributed by atoms with van der Waals surface area (Å²) in [6.45, 7) is 0.431. The lowest BCUT2D eigenvalue weighted by atomic mass is 9.85. The van der Waals surface area contributed by atoms with Crippen molar-refractivity contribution in [3.63, 3.8) is 0 Å². The third kappa shape index (κ3) is 4.66. The van der Waals surface area contributed by atoms with E-state index in [1.807, 2.05) is 59.9 Å². The van der Waals surface area contributed by atoms with Crippen LogP contribution in [0.5, 0.6) is 0 Å². The molecule has 1 atom stereocenters. The lowest BCUT2D eigenvalue weighted by Crippen LogP contribution is -2.29. The summed E-state index contributed by atoms with van der Waals surface area (Å²) < 4.78 is 4.64. The molecule has 38 heavy (non-hydrogen) atoms. The van der Waals surface area contributed by atoms with Crippen molar-refractivity contribution in [2.24, 2.45) is 10.3 Å². The number of carbonyl (C=O) groups is 1. The molecule has 4 aromatic rings. The fourth-order valence-corrected chi connectivity index (χ4v) is 5.13. The Balaban J connectivity index is 1.27. The van der Waals surface area contributed by atoms with Gasteiger partial charge in [0.05, 0.1) is 36.3 Å². The number of methoxy groups -OCH3 is 1. The number of aromatic amines is 1. The van der Waals surface area contributed by atoms with E-state index in [0.29, 0.717) is 17.4 Å². The summed E-state index contributed by atoms with van der Waals surface area (Å²) in [7, 11) is 1.34.